The predicted molar refractivity (Wildman–Crippen MR) is 42.6 cm³/mol. The van der Waals surface area contributed by atoms with Gasteiger partial charge in [-0.2, -0.15) is 0 Å². The van der Waals surface area contributed by atoms with Gasteiger partial charge in [-0.05, 0) is 18.6 Å². The van der Waals surface area contributed by atoms with Crippen LogP contribution < -0.4 is 0 Å². The smallest absolute Gasteiger partial charge is 0.118 e. The molecule has 1 saturated heterocycles. The normalized spacial score (nSPS) is 25.3. The lowest BCUT2D eigenvalue weighted by Gasteiger charge is -1.95. The average Bonchev–Trinajstić information content (AvgIpc) is 2.36. The van der Waals surface area contributed by atoms with Crippen molar-refractivity contribution in [3.8, 4) is 0 Å². The lowest BCUT2D eigenvalue weighted by atomic mass is 10.2. The first kappa shape index (κ1) is 7.13. The van der Waals surface area contributed by atoms with Crippen LogP contribution in [0.4, 0.5) is 0 Å². The van der Waals surface area contributed by atoms with Crippen molar-refractivity contribution in [2.24, 2.45) is 0 Å². The first-order valence-corrected chi connectivity index (χ1v) is 3.49. The second-order valence-electron chi connectivity index (χ2n) is 2.18. The van der Waals surface area contributed by atoms with Crippen molar-refractivity contribution in [1.29, 1.82) is 0 Å². The molecule has 1 nitrogen and oxygen atoms in total. The van der Waals surface area contributed by atoms with Crippen LogP contribution in [-0.4, -0.2) is 6.61 Å². The zero-order valence-electron chi connectivity index (χ0n) is 6.26. The lowest BCUT2D eigenvalue weighted by molar-refractivity contribution is 0.265. The minimum Gasteiger partial charge on any atom is -0.493 e. The Morgan fingerprint density at radius 2 is 2.40 bits per heavy atom. The van der Waals surface area contributed by atoms with Gasteiger partial charge in [-0.3, -0.25) is 0 Å². The van der Waals surface area contributed by atoms with Crippen LogP contribution in [0.25, 0.3) is 0 Å². The number of rotatable bonds is 1. The fourth-order valence-electron chi connectivity index (χ4n) is 1.06. The van der Waals surface area contributed by atoms with Gasteiger partial charge < -0.3 is 4.74 Å². The summed E-state index contributed by atoms with van der Waals surface area (Å²) in [6.45, 7) is 6.44. The summed E-state index contributed by atoms with van der Waals surface area (Å²) in [5.74, 6) is 1.01. The Bertz CT molecular complexity index is 187. The number of allylic oxidation sites excluding steroid dienone is 4. The van der Waals surface area contributed by atoms with E-state index in [0.29, 0.717) is 0 Å². The van der Waals surface area contributed by atoms with Crippen molar-refractivity contribution in [2.45, 2.75) is 13.3 Å². The molecule has 0 radical (unpaired) electrons. The first-order valence-electron chi connectivity index (χ1n) is 3.49. The summed E-state index contributed by atoms with van der Waals surface area (Å²) in [6, 6.07) is 0. The van der Waals surface area contributed by atoms with Crippen LogP contribution >= 0.6 is 0 Å². The molecule has 1 aliphatic heterocycles. The van der Waals surface area contributed by atoms with E-state index < -0.39 is 0 Å². The highest BCUT2D eigenvalue weighted by Gasteiger charge is 2.11. The Morgan fingerprint density at radius 3 is 3.00 bits per heavy atom. The maximum atomic E-state index is 5.31. The molecule has 0 atom stereocenters. The van der Waals surface area contributed by atoms with Crippen LogP contribution in [-0.2, 0) is 4.74 Å². The van der Waals surface area contributed by atoms with Crippen LogP contribution in [0.2, 0.25) is 0 Å². The summed E-state index contributed by atoms with van der Waals surface area (Å²) in [6.07, 6.45) is 6.81. The van der Waals surface area contributed by atoms with Gasteiger partial charge in [0.05, 0.1) is 6.61 Å². The molecular weight excluding hydrogens is 124 g/mol. The number of ether oxygens (including phenoxy) is 1. The molecule has 0 aromatic heterocycles. The van der Waals surface area contributed by atoms with Gasteiger partial charge in [-0.1, -0.05) is 18.7 Å². The molecule has 0 spiro atoms. The second-order valence-corrected chi connectivity index (χ2v) is 2.18. The molecule has 0 amide bonds. The van der Waals surface area contributed by atoms with Gasteiger partial charge in [0.1, 0.15) is 5.76 Å². The van der Waals surface area contributed by atoms with Crippen LogP contribution in [0.1, 0.15) is 13.3 Å². The van der Waals surface area contributed by atoms with E-state index >= 15 is 0 Å². The van der Waals surface area contributed by atoms with Crippen LogP contribution in [0, 0.1) is 0 Å². The van der Waals surface area contributed by atoms with E-state index in [1.807, 2.05) is 19.1 Å². The highest BCUT2D eigenvalue weighted by Crippen LogP contribution is 2.22. The maximum Gasteiger partial charge on any atom is 0.118 e. The van der Waals surface area contributed by atoms with Gasteiger partial charge >= 0.3 is 0 Å². The maximum absolute atomic E-state index is 5.31. The zero-order chi connectivity index (χ0) is 7.40. The Morgan fingerprint density at radius 1 is 1.60 bits per heavy atom. The van der Waals surface area contributed by atoms with Crippen molar-refractivity contribution in [2.75, 3.05) is 6.61 Å². The third-order valence-corrected chi connectivity index (χ3v) is 1.53. The third kappa shape index (κ3) is 1.29. The quantitative estimate of drug-likeness (QED) is 0.538. The summed E-state index contributed by atoms with van der Waals surface area (Å²) in [7, 11) is 0. The molecule has 0 N–H and O–H groups in total. The first-order chi connectivity index (χ1) is 4.88. The van der Waals surface area contributed by atoms with Crippen molar-refractivity contribution in [3.63, 3.8) is 0 Å². The van der Waals surface area contributed by atoms with E-state index in [-0.39, 0.29) is 0 Å². The van der Waals surface area contributed by atoms with Gasteiger partial charge in [0, 0.05) is 6.42 Å². The van der Waals surface area contributed by atoms with E-state index in [4.69, 9.17) is 4.74 Å². The highest BCUT2D eigenvalue weighted by molar-refractivity contribution is 5.31. The van der Waals surface area contributed by atoms with Crippen LogP contribution in [0.3, 0.4) is 0 Å². The largest absolute Gasteiger partial charge is 0.493 e. The van der Waals surface area contributed by atoms with Crippen molar-refractivity contribution in [3.05, 3.63) is 36.1 Å². The van der Waals surface area contributed by atoms with Crippen molar-refractivity contribution < 1.29 is 4.74 Å². The van der Waals surface area contributed by atoms with Gasteiger partial charge in [-0.25, -0.2) is 0 Å². The molecule has 0 unspecified atom stereocenters. The summed E-state index contributed by atoms with van der Waals surface area (Å²) in [5.41, 5.74) is 1.26. The van der Waals surface area contributed by atoms with E-state index in [1.165, 1.54) is 5.57 Å². The summed E-state index contributed by atoms with van der Waals surface area (Å²) >= 11 is 0. The fraction of sp³-hybridized carbons (Fsp3) is 0.333. The number of hydrogen-bond acceptors (Lipinski definition) is 1. The number of hydrogen-bond donors (Lipinski definition) is 0. The average molecular weight is 136 g/mol. The van der Waals surface area contributed by atoms with Gasteiger partial charge in [0.2, 0.25) is 0 Å². The summed E-state index contributed by atoms with van der Waals surface area (Å²) in [4.78, 5) is 0. The fourth-order valence-corrected chi connectivity index (χ4v) is 1.06. The topological polar surface area (TPSA) is 9.23 Å². The molecule has 1 heteroatoms. The Balaban J connectivity index is 2.77. The third-order valence-electron chi connectivity index (χ3n) is 1.53. The molecule has 0 aromatic rings. The standard InChI is InChI=1S/C9H12O/c1-3-5-8-6-7-10-9(8)4-2/h3-5H,1,6-7H2,2H3/b8-5-,9-4+. The van der Waals surface area contributed by atoms with Crippen LogP contribution in [0.5, 0.6) is 0 Å². The SMILES string of the molecule is C=C/C=C1/CCO/C1=C/C. The van der Waals surface area contributed by atoms with E-state index in [0.717, 1.165) is 18.8 Å². The minimum absolute atomic E-state index is 0.819. The Hall–Kier alpha value is -0.980. The molecule has 54 valence electrons. The van der Waals surface area contributed by atoms with Gasteiger partial charge in [0.25, 0.3) is 0 Å². The molecule has 0 bridgehead atoms. The van der Waals surface area contributed by atoms with E-state index in [2.05, 4.69) is 6.58 Å². The van der Waals surface area contributed by atoms with Crippen LogP contribution in [0.15, 0.2) is 36.1 Å². The minimum atomic E-state index is 0.819. The molecule has 0 aromatic carbocycles. The van der Waals surface area contributed by atoms with E-state index in [9.17, 15) is 0 Å². The Labute approximate surface area is 61.7 Å². The molecule has 1 rings (SSSR count). The molecule has 0 saturated carbocycles. The van der Waals surface area contributed by atoms with Gasteiger partial charge in [-0.15, -0.1) is 0 Å². The monoisotopic (exact) mass is 136 g/mol. The molecule has 1 heterocycles. The molecular formula is C9H12O. The van der Waals surface area contributed by atoms with Gasteiger partial charge in [0.15, 0.2) is 0 Å². The van der Waals surface area contributed by atoms with E-state index in [1.54, 1.807) is 6.08 Å². The summed E-state index contributed by atoms with van der Waals surface area (Å²) < 4.78 is 5.31. The second kappa shape index (κ2) is 3.25. The lowest BCUT2D eigenvalue weighted by Crippen LogP contribution is -1.78. The molecule has 1 aliphatic rings. The van der Waals surface area contributed by atoms with Crippen molar-refractivity contribution >= 4 is 0 Å². The zero-order valence-corrected chi connectivity index (χ0v) is 6.26. The molecule has 10 heavy (non-hydrogen) atoms. The summed E-state index contributed by atoms with van der Waals surface area (Å²) in [5, 5.41) is 0. The Kier molecular flexibility index (Phi) is 2.32. The van der Waals surface area contributed by atoms with Crippen molar-refractivity contribution in [1.82, 2.24) is 0 Å². The molecule has 1 fully saturated rings. The molecule has 0 aliphatic carbocycles. The predicted octanol–water partition coefficient (Wildman–Crippen LogP) is 2.42. The highest BCUT2D eigenvalue weighted by atomic mass is 16.5.